The van der Waals surface area contributed by atoms with Gasteiger partial charge in [-0.15, -0.1) is 0 Å². The molecule has 2 heterocycles. The van der Waals surface area contributed by atoms with Gasteiger partial charge in [-0.3, -0.25) is 0 Å². The third-order valence-corrected chi connectivity index (χ3v) is 3.49. The lowest BCUT2D eigenvalue weighted by molar-refractivity contribution is 0.0596. The Bertz CT molecular complexity index is 639. The highest BCUT2D eigenvalue weighted by molar-refractivity contribution is 7.99. The number of nitrogen functional groups attached to an aromatic ring is 1. The van der Waals surface area contributed by atoms with E-state index in [1.165, 1.54) is 25.1 Å². The molecule has 0 saturated heterocycles. The van der Waals surface area contributed by atoms with Crippen molar-refractivity contribution in [2.45, 2.75) is 23.9 Å². The highest BCUT2D eigenvalue weighted by Crippen LogP contribution is 2.29. The summed E-state index contributed by atoms with van der Waals surface area (Å²) in [4.78, 5) is 20.4. The number of pyridine rings is 2. The van der Waals surface area contributed by atoms with Gasteiger partial charge in [-0.1, -0.05) is 0 Å². The third-order valence-electron chi connectivity index (χ3n) is 2.55. The predicted molar refractivity (Wildman–Crippen MR) is 77.8 cm³/mol. The number of anilines is 1. The number of ether oxygens (including phenoxy) is 1. The van der Waals surface area contributed by atoms with E-state index < -0.39 is 5.97 Å². The quantitative estimate of drug-likeness (QED) is 0.875. The average Bonchev–Trinajstić information content (AvgIpc) is 2.38. The smallest absolute Gasteiger partial charge is 0.340 e. The fourth-order valence-corrected chi connectivity index (χ4v) is 2.75. The maximum atomic E-state index is 11.8. The Morgan fingerprint density at radius 3 is 2.70 bits per heavy atom. The van der Waals surface area contributed by atoms with Crippen LogP contribution in [0.15, 0.2) is 34.4 Å². The summed E-state index contributed by atoms with van der Waals surface area (Å²) in [5.41, 5.74) is 8.46. The van der Waals surface area contributed by atoms with Gasteiger partial charge in [-0.25, -0.2) is 14.8 Å². The van der Waals surface area contributed by atoms with Crippen LogP contribution in [0.5, 0.6) is 0 Å². The van der Waals surface area contributed by atoms with Crippen LogP contribution in [-0.2, 0) is 4.74 Å². The minimum absolute atomic E-state index is 0.346. The number of nitrogens with two attached hydrogens (primary N) is 1. The molecule has 2 aromatic heterocycles. The zero-order chi connectivity index (χ0) is 14.7. The van der Waals surface area contributed by atoms with Gasteiger partial charge in [0.15, 0.2) is 0 Å². The van der Waals surface area contributed by atoms with E-state index in [0.717, 1.165) is 16.3 Å². The molecule has 0 aromatic carbocycles. The van der Waals surface area contributed by atoms with Crippen LogP contribution in [0.3, 0.4) is 0 Å². The largest absolute Gasteiger partial charge is 0.465 e. The van der Waals surface area contributed by atoms with Gasteiger partial charge in [-0.05, 0) is 49.4 Å². The lowest BCUT2D eigenvalue weighted by Gasteiger charge is -2.08. The second-order valence-corrected chi connectivity index (χ2v) is 5.35. The number of hydrogen-bond acceptors (Lipinski definition) is 6. The van der Waals surface area contributed by atoms with Gasteiger partial charge in [0, 0.05) is 5.69 Å². The number of hydrogen-bond donors (Lipinski definition) is 1. The summed E-state index contributed by atoms with van der Waals surface area (Å²) in [5.74, 6) is -0.461. The Morgan fingerprint density at radius 1 is 1.30 bits per heavy atom. The van der Waals surface area contributed by atoms with E-state index in [1.54, 1.807) is 6.07 Å². The summed E-state index contributed by atoms with van der Waals surface area (Å²) in [6.07, 6.45) is 1.51. The maximum Gasteiger partial charge on any atom is 0.340 e. The maximum absolute atomic E-state index is 11.8. The van der Waals surface area contributed by atoms with Crippen molar-refractivity contribution in [2.24, 2.45) is 0 Å². The first-order valence-corrected chi connectivity index (χ1v) is 6.78. The van der Waals surface area contributed by atoms with Crippen molar-refractivity contribution in [3.05, 3.63) is 41.2 Å². The molecule has 0 saturated carbocycles. The summed E-state index contributed by atoms with van der Waals surface area (Å²) in [6, 6.07) is 5.49. The standard InChI is InChI=1S/C14H15N3O2S/c1-8-4-9(2)17-12(5-8)20-13-11(14(18)19-3)6-10(15)7-16-13/h4-7H,15H2,1-3H3. The third kappa shape index (κ3) is 3.27. The van der Waals surface area contributed by atoms with Crippen molar-refractivity contribution < 1.29 is 9.53 Å². The Kier molecular flexibility index (Phi) is 4.24. The van der Waals surface area contributed by atoms with E-state index in [4.69, 9.17) is 10.5 Å². The SMILES string of the molecule is COC(=O)c1cc(N)cnc1Sc1cc(C)cc(C)n1. The highest BCUT2D eigenvalue weighted by Gasteiger charge is 2.15. The van der Waals surface area contributed by atoms with Gasteiger partial charge in [0.1, 0.15) is 10.1 Å². The van der Waals surface area contributed by atoms with Crippen LogP contribution in [-0.4, -0.2) is 23.0 Å². The van der Waals surface area contributed by atoms with Gasteiger partial charge in [0.05, 0.1) is 24.6 Å². The summed E-state index contributed by atoms with van der Waals surface area (Å²) in [7, 11) is 1.33. The Morgan fingerprint density at radius 2 is 2.05 bits per heavy atom. The summed E-state index contributed by atoms with van der Waals surface area (Å²) >= 11 is 1.32. The second kappa shape index (κ2) is 5.92. The molecule has 20 heavy (non-hydrogen) atoms. The predicted octanol–water partition coefficient (Wildman–Crippen LogP) is 2.61. The zero-order valence-corrected chi connectivity index (χ0v) is 12.3. The first-order chi connectivity index (χ1) is 9.49. The average molecular weight is 289 g/mol. The minimum Gasteiger partial charge on any atom is -0.465 e. The van der Waals surface area contributed by atoms with Gasteiger partial charge >= 0.3 is 5.97 Å². The number of aryl methyl sites for hydroxylation is 2. The topological polar surface area (TPSA) is 78.1 Å². The number of carbonyl (C=O) groups excluding carboxylic acids is 1. The fourth-order valence-electron chi connectivity index (χ4n) is 1.76. The number of esters is 1. The molecule has 0 aliphatic rings. The minimum atomic E-state index is -0.461. The van der Waals surface area contributed by atoms with Crippen LogP contribution in [0.4, 0.5) is 5.69 Å². The fraction of sp³-hybridized carbons (Fsp3) is 0.214. The zero-order valence-electron chi connectivity index (χ0n) is 11.5. The number of carbonyl (C=O) groups is 1. The molecule has 2 aromatic rings. The van der Waals surface area contributed by atoms with E-state index in [9.17, 15) is 4.79 Å². The van der Waals surface area contributed by atoms with Crippen molar-refractivity contribution in [3.8, 4) is 0 Å². The number of aromatic nitrogens is 2. The van der Waals surface area contributed by atoms with Crippen LogP contribution in [0, 0.1) is 13.8 Å². The van der Waals surface area contributed by atoms with Gasteiger partial charge < -0.3 is 10.5 Å². The van der Waals surface area contributed by atoms with Gasteiger partial charge in [0.2, 0.25) is 0 Å². The van der Waals surface area contributed by atoms with E-state index >= 15 is 0 Å². The Hall–Kier alpha value is -2.08. The first kappa shape index (κ1) is 14.3. The van der Waals surface area contributed by atoms with Crippen molar-refractivity contribution in [1.82, 2.24) is 9.97 Å². The molecule has 0 spiro atoms. The summed E-state index contributed by atoms with van der Waals surface area (Å²) < 4.78 is 4.75. The van der Waals surface area contributed by atoms with E-state index in [2.05, 4.69) is 9.97 Å². The molecule has 0 aliphatic heterocycles. The first-order valence-electron chi connectivity index (χ1n) is 5.96. The second-order valence-electron chi connectivity index (χ2n) is 4.34. The molecular formula is C14H15N3O2S. The van der Waals surface area contributed by atoms with Crippen LogP contribution in [0.2, 0.25) is 0 Å². The number of rotatable bonds is 3. The Labute approximate surface area is 121 Å². The van der Waals surface area contributed by atoms with E-state index in [0.29, 0.717) is 16.3 Å². The van der Waals surface area contributed by atoms with Gasteiger partial charge in [-0.2, -0.15) is 0 Å². The summed E-state index contributed by atoms with van der Waals surface area (Å²) in [6.45, 7) is 3.92. The van der Waals surface area contributed by atoms with E-state index in [1.807, 2.05) is 26.0 Å². The van der Waals surface area contributed by atoms with E-state index in [-0.39, 0.29) is 0 Å². The molecule has 2 rings (SSSR count). The molecule has 6 heteroatoms. The molecule has 0 radical (unpaired) electrons. The molecule has 2 N–H and O–H groups in total. The van der Waals surface area contributed by atoms with Crippen molar-refractivity contribution in [1.29, 1.82) is 0 Å². The van der Waals surface area contributed by atoms with Gasteiger partial charge in [0.25, 0.3) is 0 Å². The van der Waals surface area contributed by atoms with Crippen LogP contribution in [0.25, 0.3) is 0 Å². The number of nitrogens with zero attached hydrogens (tertiary/aromatic N) is 2. The molecule has 0 bridgehead atoms. The lowest BCUT2D eigenvalue weighted by atomic mass is 10.2. The Balaban J connectivity index is 2.40. The molecule has 0 amide bonds. The van der Waals surface area contributed by atoms with Crippen LogP contribution >= 0.6 is 11.8 Å². The van der Waals surface area contributed by atoms with Crippen molar-refractivity contribution in [3.63, 3.8) is 0 Å². The van der Waals surface area contributed by atoms with Crippen molar-refractivity contribution >= 4 is 23.4 Å². The lowest BCUT2D eigenvalue weighted by Crippen LogP contribution is -2.06. The van der Waals surface area contributed by atoms with Crippen LogP contribution < -0.4 is 5.73 Å². The molecule has 0 atom stereocenters. The monoisotopic (exact) mass is 289 g/mol. The molecule has 0 unspecified atom stereocenters. The molecule has 5 nitrogen and oxygen atoms in total. The normalized spacial score (nSPS) is 10.3. The molecule has 0 aliphatic carbocycles. The number of methoxy groups -OCH3 is 1. The molecule has 0 fully saturated rings. The van der Waals surface area contributed by atoms with Crippen LogP contribution in [0.1, 0.15) is 21.6 Å². The highest BCUT2D eigenvalue weighted by atomic mass is 32.2. The van der Waals surface area contributed by atoms with Crippen molar-refractivity contribution in [2.75, 3.05) is 12.8 Å². The summed E-state index contributed by atoms with van der Waals surface area (Å²) in [5, 5.41) is 1.31. The molecular weight excluding hydrogens is 274 g/mol. The molecule has 104 valence electrons.